The molecule has 0 atom stereocenters. The van der Waals surface area contributed by atoms with Gasteiger partial charge in [-0.15, -0.1) is 0 Å². The fourth-order valence-electron chi connectivity index (χ4n) is 2.56. The summed E-state index contributed by atoms with van der Waals surface area (Å²) in [5.74, 6) is 2.00. The monoisotopic (exact) mass is 385 g/mol. The second-order valence-corrected chi connectivity index (χ2v) is 5.57. The van der Waals surface area contributed by atoms with E-state index in [0.29, 0.717) is 39.9 Å². The molecule has 1 heterocycles. The van der Waals surface area contributed by atoms with Gasteiger partial charge in [-0.25, -0.2) is 0 Å². The molecular formula is C19H19N3O6. The smallest absolute Gasteiger partial charge is 0.264 e. The van der Waals surface area contributed by atoms with E-state index in [-0.39, 0.29) is 12.5 Å². The molecule has 0 fully saturated rings. The number of hydrogen-bond acceptors (Lipinski definition) is 8. The molecule has 0 saturated carbocycles. The summed E-state index contributed by atoms with van der Waals surface area (Å²) in [4.78, 5) is 15.4. The van der Waals surface area contributed by atoms with Crippen LogP contribution in [0.3, 0.4) is 0 Å². The predicted octanol–water partition coefficient (Wildman–Crippen LogP) is 2.44. The van der Waals surface area contributed by atoms with Crippen molar-refractivity contribution in [2.45, 2.75) is 6.61 Å². The van der Waals surface area contributed by atoms with Gasteiger partial charge in [-0.2, -0.15) is 4.98 Å². The van der Waals surface area contributed by atoms with Crippen LogP contribution in [-0.2, 0) is 6.61 Å². The van der Waals surface area contributed by atoms with E-state index in [1.165, 1.54) is 21.3 Å². The van der Waals surface area contributed by atoms with E-state index in [0.717, 1.165) is 0 Å². The number of methoxy groups -OCH3 is 3. The van der Waals surface area contributed by atoms with E-state index in [4.69, 9.17) is 29.2 Å². The highest BCUT2D eigenvalue weighted by Gasteiger charge is 2.20. The van der Waals surface area contributed by atoms with Crippen molar-refractivity contribution in [1.29, 1.82) is 0 Å². The maximum atomic E-state index is 11.1. The van der Waals surface area contributed by atoms with Gasteiger partial charge in [0, 0.05) is 5.56 Å². The normalized spacial score (nSPS) is 10.4. The third kappa shape index (κ3) is 3.83. The van der Waals surface area contributed by atoms with Gasteiger partial charge in [-0.3, -0.25) is 4.79 Å². The molecule has 1 aromatic heterocycles. The number of primary amides is 1. The summed E-state index contributed by atoms with van der Waals surface area (Å²) in [5.41, 5.74) is 6.19. The maximum absolute atomic E-state index is 11.1. The number of ether oxygens (including phenoxy) is 4. The van der Waals surface area contributed by atoms with Crippen LogP contribution in [0.15, 0.2) is 40.9 Å². The summed E-state index contributed by atoms with van der Waals surface area (Å²) in [5, 5.41) is 3.97. The Hall–Kier alpha value is -3.75. The zero-order valence-electron chi connectivity index (χ0n) is 15.6. The Bertz CT molecular complexity index is 968. The number of rotatable bonds is 8. The van der Waals surface area contributed by atoms with Gasteiger partial charge in [0.15, 0.2) is 18.1 Å². The van der Waals surface area contributed by atoms with Crippen molar-refractivity contribution in [3.8, 4) is 34.4 Å². The minimum absolute atomic E-state index is 0.0541. The first-order valence-corrected chi connectivity index (χ1v) is 8.22. The zero-order valence-corrected chi connectivity index (χ0v) is 15.6. The maximum Gasteiger partial charge on any atom is 0.264 e. The first kappa shape index (κ1) is 19.0. The molecular weight excluding hydrogens is 366 g/mol. The van der Waals surface area contributed by atoms with Crippen LogP contribution in [0, 0.1) is 0 Å². The highest BCUT2D eigenvalue weighted by molar-refractivity contribution is 5.92. The quantitative estimate of drug-likeness (QED) is 0.628. The van der Waals surface area contributed by atoms with Crippen molar-refractivity contribution in [1.82, 2.24) is 10.1 Å². The molecule has 0 aliphatic carbocycles. The average molecular weight is 385 g/mol. The Morgan fingerprint density at radius 2 is 1.71 bits per heavy atom. The lowest BCUT2D eigenvalue weighted by atomic mass is 10.1. The third-order valence-corrected chi connectivity index (χ3v) is 3.91. The molecule has 0 saturated heterocycles. The molecule has 28 heavy (non-hydrogen) atoms. The fraction of sp³-hybridized carbons (Fsp3) is 0.211. The number of aromatic nitrogens is 2. The topological polar surface area (TPSA) is 119 Å². The van der Waals surface area contributed by atoms with Gasteiger partial charge in [0.2, 0.25) is 17.5 Å². The number of hydrogen-bond donors (Lipinski definition) is 1. The van der Waals surface area contributed by atoms with Crippen LogP contribution in [0.4, 0.5) is 0 Å². The Balaban J connectivity index is 1.78. The molecule has 0 bridgehead atoms. The second kappa shape index (κ2) is 8.30. The second-order valence-electron chi connectivity index (χ2n) is 5.57. The van der Waals surface area contributed by atoms with Crippen molar-refractivity contribution in [2.24, 2.45) is 5.73 Å². The number of nitrogens with two attached hydrogens (primary N) is 1. The van der Waals surface area contributed by atoms with Crippen molar-refractivity contribution in [2.75, 3.05) is 21.3 Å². The summed E-state index contributed by atoms with van der Waals surface area (Å²) in [6.45, 7) is 0.0541. The summed E-state index contributed by atoms with van der Waals surface area (Å²) >= 11 is 0. The van der Waals surface area contributed by atoms with E-state index in [9.17, 15) is 4.79 Å². The van der Waals surface area contributed by atoms with Gasteiger partial charge in [0.25, 0.3) is 5.89 Å². The summed E-state index contributed by atoms with van der Waals surface area (Å²) < 4.78 is 26.9. The minimum atomic E-state index is -0.503. The largest absolute Gasteiger partial charge is 0.493 e. The van der Waals surface area contributed by atoms with E-state index >= 15 is 0 Å². The molecule has 2 aromatic carbocycles. The van der Waals surface area contributed by atoms with Crippen LogP contribution in [0.5, 0.6) is 23.0 Å². The van der Waals surface area contributed by atoms with Crippen molar-refractivity contribution < 1.29 is 28.3 Å². The van der Waals surface area contributed by atoms with Crippen LogP contribution in [0.1, 0.15) is 16.2 Å². The van der Waals surface area contributed by atoms with Gasteiger partial charge >= 0.3 is 0 Å². The molecule has 2 N–H and O–H groups in total. The number of carbonyl (C=O) groups is 1. The summed E-state index contributed by atoms with van der Waals surface area (Å²) in [7, 11) is 4.57. The van der Waals surface area contributed by atoms with E-state index in [1.807, 2.05) is 0 Å². The summed E-state index contributed by atoms with van der Waals surface area (Å²) in [6, 6.07) is 9.89. The predicted molar refractivity (Wildman–Crippen MR) is 98.7 cm³/mol. The average Bonchev–Trinajstić information content (AvgIpc) is 3.20. The molecule has 0 spiro atoms. The van der Waals surface area contributed by atoms with Crippen LogP contribution in [0.2, 0.25) is 0 Å². The third-order valence-electron chi connectivity index (χ3n) is 3.91. The number of nitrogens with zero attached hydrogens (tertiary/aromatic N) is 2. The lowest BCUT2D eigenvalue weighted by Crippen LogP contribution is -2.10. The molecule has 0 unspecified atom stereocenters. The van der Waals surface area contributed by atoms with Gasteiger partial charge in [-0.1, -0.05) is 5.16 Å². The van der Waals surface area contributed by atoms with Crippen LogP contribution in [-0.4, -0.2) is 37.4 Å². The molecule has 0 aliphatic heterocycles. The van der Waals surface area contributed by atoms with Gasteiger partial charge < -0.3 is 29.2 Å². The molecule has 3 aromatic rings. The highest BCUT2D eigenvalue weighted by Crippen LogP contribution is 2.43. The molecule has 3 rings (SSSR count). The van der Waals surface area contributed by atoms with E-state index in [2.05, 4.69) is 10.1 Å². The first-order chi connectivity index (χ1) is 13.6. The summed E-state index contributed by atoms with van der Waals surface area (Å²) in [6.07, 6.45) is 0. The van der Waals surface area contributed by atoms with Crippen molar-refractivity contribution in [3.63, 3.8) is 0 Å². The lowest BCUT2D eigenvalue weighted by Gasteiger charge is -2.13. The molecule has 9 nitrogen and oxygen atoms in total. The van der Waals surface area contributed by atoms with Crippen molar-refractivity contribution >= 4 is 5.91 Å². The lowest BCUT2D eigenvalue weighted by molar-refractivity contribution is 0.1000. The van der Waals surface area contributed by atoms with Gasteiger partial charge in [0.1, 0.15) is 5.75 Å². The molecule has 9 heteroatoms. The van der Waals surface area contributed by atoms with E-state index < -0.39 is 5.91 Å². The minimum Gasteiger partial charge on any atom is -0.493 e. The van der Waals surface area contributed by atoms with Gasteiger partial charge in [-0.05, 0) is 36.4 Å². The molecule has 0 radical (unpaired) electrons. The Morgan fingerprint density at radius 1 is 1.00 bits per heavy atom. The molecule has 1 amide bonds. The zero-order chi connectivity index (χ0) is 20.1. The Kier molecular flexibility index (Phi) is 5.64. The SMILES string of the molecule is COc1ccc(-c2noc(COc3ccc(C(N)=O)cc3)n2)c(OC)c1OC. The molecule has 146 valence electrons. The Morgan fingerprint density at radius 3 is 2.32 bits per heavy atom. The van der Waals surface area contributed by atoms with Crippen LogP contribution < -0.4 is 24.7 Å². The molecule has 0 aliphatic rings. The number of carbonyl (C=O) groups excluding carboxylic acids is 1. The highest BCUT2D eigenvalue weighted by atomic mass is 16.5. The van der Waals surface area contributed by atoms with Gasteiger partial charge in [0.05, 0.1) is 26.9 Å². The standard InChI is InChI=1S/C19H19N3O6/c1-24-14-9-8-13(16(25-2)17(14)26-3)19-21-15(28-22-19)10-27-12-6-4-11(5-7-12)18(20)23/h4-9H,10H2,1-3H3,(H2,20,23). The van der Waals surface area contributed by atoms with Crippen LogP contribution >= 0.6 is 0 Å². The van der Waals surface area contributed by atoms with Crippen molar-refractivity contribution in [3.05, 3.63) is 47.9 Å². The van der Waals surface area contributed by atoms with E-state index in [1.54, 1.807) is 36.4 Å². The Labute approximate surface area is 161 Å². The number of amides is 1. The fourth-order valence-corrected chi connectivity index (χ4v) is 2.56. The number of benzene rings is 2. The first-order valence-electron chi connectivity index (χ1n) is 8.22. The van der Waals surface area contributed by atoms with Crippen LogP contribution in [0.25, 0.3) is 11.4 Å².